The van der Waals surface area contributed by atoms with Crippen molar-refractivity contribution in [1.82, 2.24) is 10.2 Å². The van der Waals surface area contributed by atoms with Crippen LogP contribution in [0.3, 0.4) is 0 Å². The van der Waals surface area contributed by atoms with Crippen LogP contribution in [0, 0.1) is 23.7 Å². The summed E-state index contributed by atoms with van der Waals surface area (Å²) in [6.45, 7) is 12.3. The monoisotopic (exact) mass is 292 g/mol. The second-order valence-electron chi connectivity index (χ2n) is 8.62. The molecule has 1 N–H and O–H groups in total. The smallest absolute Gasteiger partial charge is 0.0247 e. The van der Waals surface area contributed by atoms with Crippen LogP contribution in [0.15, 0.2) is 0 Å². The van der Waals surface area contributed by atoms with E-state index in [4.69, 9.17) is 0 Å². The lowest BCUT2D eigenvalue weighted by atomic mass is 9.75. The fourth-order valence-corrected chi connectivity index (χ4v) is 4.96. The zero-order chi connectivity index (χ0) is 15.0. The maximum Gasteiger partial charge on any atom is 0.0247 e. The zero-order valence-corrected chi connectivity index (χ0v) is 14.6. The normalized spacial score (nSPS) is 39.1. The molecule has 1 aliphatic heterocycles. The first-order valence-corrected chi connectivity index (χ1v) is 9.57. The molecule has 1 heterocycles. The van der Waals surface area contributed by atoms with Gasteiger partial charge in [0.2, 0.25) is 0 Å². The van der Waals surface area contributed by atoms with Crippen molar-refractivity contribution in [2.24, 2.45) is 23.7 Å². The molecule has 2 heteroatoms. The lowest BCUT2D eigenvalue weighted by Gasteiger charge is -2.51. The minimum atomic E-state index is 0.754. The van der Waals surface area contributed by atoms with Gasteiger partial charge in [0, 0.05) is 31.2 Å². The Kier molecular flexibility index (Phi) is 4.95. The van der Waals surface area contributed by atoms with Gasteiger partial charge in [-0.3, -0.25) is 4.90 Å². The average Bonchev–Trinajstić information content (AvgIpc) is 3.31. The van der Waals surface area contributed by atoms with E-state index in [0.29, 0.717) is 0 Å². The Morgan fingerprint density at radius 2 is 1.62 bits per heavy atom. The van der Waals surface area contributed by atoms with Crippen LogP contribution in [-0.2, 0) is 0 Å². The molecule has 0 amide bonds. The molecule has 4 atom stereocenters. The first kappa shape index (κ1) is 15.8. The molecule has 3 rings (SSSR count). The van der Waals surface area contributed by atoms with Crippen molar-refractivity contribution in [1.29, 1.82) is 0 Å². The van der Waals surface area contributed by atoms with Gasteiger partial charge in [-0.2, -0.15) is 0 Å². The fourth-order valence-electron chi connectivity index (χ4n) is 4.96. The van der Waals surface area contributed by atoms with Gasteiger partial charge < -0.3 is 5.32 Å². The Labute approximate surface area is 132 Å². The first-order valence-electron chi connectivity index (χ1n) is 9.57. The summed E-state index contributed by atoms with van der Waals surface area (Å²) in [5, 5.41) is 3.88. The standard InChI is InChI=1S/C19H36N2/c1-13(2)16-7-5-6-8-18(16)21-12-17(15-9-10-15)20-11-19(21)14(3)4/h13-20H,5-12H2,1-4H3. The SMILES string of the molecule is CC(C)C1CCCCC1N1CC(C2CC2)NCC1C(C)C. The predicted molar refractivity (Wildman–Crippen MR) is 90.4 cm³/mol. The number of rotatable bonds is 4. The Morgan fingerprint density at radius 1 is 0.905 bits per heavy atom. The third-order valence-electron chi connectivity index (χ3n) is 6.45. The molecule has 2 saturated carbocycles. The number of nitrogens with one attached hydrogen (secondary N) is 1. The quantitative estimate of drug-likeness (QED) is 0.845. The highest BCUT2D eigenvalue weighted by Crippen LogP contribution is 2.39. The summed E-state index contributed by atoms with van der Waals surface area (Å²) in [5.74, 6) is 3.53. The molecule has 3 fully saturated rings. The van der Waals surface area contributed by atoms with Gasteiger partial charge in [-0.25, -0.2) is 0 Å². The molecular weight excluding hydrogens is 256 g/mol. The largest absolute Gasteiger partial charge is 0.311 e. The molecular formula is C19H36N2. The molecule has 1 saturated heterocycles. The summed E-state index contributed by atoms with van der Waals surface area (Å²) < 4.78 is 0. The lowest BCUT2D eigenvalue weighted by Crippen LogP contribution is -2.63. The zero-order valence-electron chi connectivity index (χ0n) is 14.6. The van der Waals surface area contributed by atoms with Crippen LogP contribution in [0.5, 0.6) is 0 Å². The van der Waals surface area contributed by atoms with Crippen molar-refractivity contribution < 1.29 is 0 Å². The number of hydrogen-bond acceptors (Lipinski definition) is 2. The molecule has 3 aliphatic rings. The van der Waals surface area contributed by atoms with Crippen LogP contribution in [0.25, 0.3) is 0 Å². The minimum Gasteiger partial charge on any atom is -0.311 e. The predicted octanol–water partition coefficient (Wildman–Crippen LogP) is 3.91. The highest BCUT2D eigenvalue weighted by molar-refractivity contribution is 4.99. The summed E-state index contributed by atoms with van der Waals surface area (Å²) in [6.07, 6.45) is 8.77. The van der Waals surface area contributed by atoms with Crippen molar-refractivity contribution in [3.05, 3.63) is 0 Å². The van der Waals surface area contributed by atoms with Crippen LogP contribution in [0.4, 0.5) is 0 Å². The lowest BCUT2D eigenvalue weighted by molar-refractivity contribution is -0.00289. The van der Waals surface area contributed by atoms with Crippen molar-refractivity contribution in [3.63, 3.8) is 0 Å². The van der Waals surface area contributed by atoms with Crippen LogP contribution in [0.2, 0.25) is 0 Å². The van der Waals surface area contributed by atoms with Gasteiger partial charge in [-0.15, -0.1) is 0 Å². The highest BCUT2D eigenvalue weighted by Gasteiger charge is 2.42. The summed E-state index contributed by atoms with van der Waals surface area (Å²) in [7, 11) is 0. The van der Waals surface area contributed by atoms with E-state index in [1.54, 1.807) is 0 Å². The van der Waals surface area contributed by atoms with Crippen LogP contribution < -0.4 is 5.32 Å². The molecule has 0 radical (unpaired) electrons. The Hall–Kier alpha value is -0.0800. The molecule has 0 aromatic carbocycles. The van der Waals surface area contributed by atoms with Gasteiger partial charge in [0.05, 0.1) is 0 Å². The second-order valence-corrected chi connectivity index (χ2v) is 8.62. The topological polar surface area (TPSA) is 15.3 Å². The van der Waals surface area contributed by atoms with Crippen molar-refractivity contribution >= 4 is 0 Å². The molecule has 0 aromatic heterocycles. The number of nitrogens with zero attached hydrogens (tertiary/aromatic N) is 1. The summed E-state index contributed by atoms with van der Waals surface area (Å²) in [5.41, 5.74) is 0. The van der Waals surface area contributed by atoms with E-state index in [1.807, 2.05) is 0 Å². The van der Waals surface area contributed by atoms with Gasteiger partial charge in [-0.1, -0.05) is 40.5 Å². The van der Waals surface area contributed by atoms with Crippen LogP contribution in [-0.4, -0.2) is 36.1 Å². The minimum absolute atomic E-state index is 0.754. The maximum atomic E-state index is 3.88. The van der Waals surface area contributed by atoms with E-state index in [0.717, 1.165) is 41.8 Å². The van der Waals surface area contributed by atoms with Gasteiger partial charge >= 0.3 is 0 Å². The maximum absolute atomic E-state index is 3.88. The summed E-state index contributed by atoms with van der Waals surface area (Å²) in [6, 6.07) is 2.40. The van der Waals surface area contributed by atoms with E-state index in [-0.39, 0.29) is 0 Å². The van der Waals surface area contributed by atoms with Gasteiger partial charge in [0.25, 0.3) is 0 Å². The van der Waals surface area contributed by atoms with Crippen LogP contribution in [0.1, 0.15) is 66.2 Å². The Bertz CT molecular complexity index is 334. The molecule has 0 aromatic rings. The Morgan fingerprint density at radius 3 is 2.24 bits per heavy atom. The number of piperazine rings is 1. The second kappa shape index (κ2) is 6.58. The average molecular weight is 293 g/mol. The van der Waals surface area contributed by atoms with E-state index in [9.17, 15) is 0 Å². The highest BCUT2D eigenvalue weighted by atomic mass is 15.3. The van der Waals surface area contributed by atoms with Crippen molar-refractivity contribution in [2.45, 2.75) is 84.3 Å². The fraction of sp³-hybridized carbons (Fsp3) is 1.00. The van der Waals surface area contributed by atoms with Gasteiger partial charge in [0.15, 0.2) is 0 Å². The van der Waals surface area contributed by atoms with E-state index >= 15 is 0 Å². The molecule has 0 bridgehead atoms. The molecule has 2 aliphatic carbocycles. The van der Waals surface area contributed by atoms with Crippen molar-refractivity contribution in [2.75, 3.05) is 13.1 Å². The third-order valence-corrected chi connectivity index (χ3v) is 6.45. The number of hydrogen-bond donors (Lipinski definition) is 1. The molecule has 0 spiro atoms. The van der Waals surface area contributed by atoms with E-state index in [2.05, 4.69) is 37.9 Å². The van der Waals surface area contributed by atoms with Crippen molar-refractivity contribution in [3.8, 4) is 0 Å². The van der Waals surface area contributed by atoms with Gasteiger partial charge in [-0.05, 0) is 49.4 Å². The summed E-state index contributed by atoms with van der Waals surface area (Å²) >= 11 is 0. The third kappa shape index (κ3) is 3.47. The molecule has 4 unspecified atom stereocenters. The summed E-state index contributed by atoms with van der Waals surface area (Å²) in [4.78, 5) is 2.97. The first-order chi connectivity index (χ1) is 10.1. The van der Waals surface area contributed by atoms with E-state index < -0.39 is 0 Å². The van der Waals surface area contributed by atoms with E-state index in [1.165, 1.54) is 51.6 Å². The molecule has 2 nitrogen and oxygen atoms in total. The van der Waals surface area contributed by atoms with Crippen LogP contribution >= 0.6 is 0 Å². The Balaban J connectivity index is 1.75. The molecule has 122 valence electrons. The van der Waals surface area contributed by atoms with Gasteiger partial charge in [0.1, 0.15) is 0 Å². The molecule has 21 heavy (non-hydrogen) atoms.